The van der Waals surface area contributed by atoms with E-state index < -0.39 is 11.7 Å². The van der Waals surface area contributed by atoms with Crippen LogP contribution in [0, 0.1) is 5.82 Å². The van der Waals surface area contributed by atoms with E-state index in [0.717, 1.165) is 11.3 Å². The molecule has 3 aromatic rings. The third kappa shape index (κ3) is 3.62. The van der Waals surface area contributed by atoms with Gasteiger partial charge in [-0.05, 0) is 24.3 Å². The third-order valence-electron chi connectivity index (χ3n) is 3.65. The third-order valence-corrected chi connectivity index (χ3v) is 4.67. The van der Waals surface area contributed by atoms with Gasteiger partial charge in [0.1, 0.15) is 15.7 Å². The smallest absolute Gasteiger partial charge is 0.267 e. The molecule has 0 radical (unpaired) electrons. The second kappa shape index (κ2) is 7.45. The topological polar surface area (TPSA) is 62.3 Å². The van der Waals surface area contributed by atoms with Crippen molar-refractivity contribution in [2.75, 3.05) is 19.4 Å². The second-order valence-corrected chi connectivity index (χ2v) is 6.74. The van der Waals surface area contributed by atoms with E-state index in [1.807, 2.05) is 0 Å². The van der Waals surface area contributed by atoms with Crippen molar-refractivity contribution in [3.05, 3.63) is 71.0 Å². The highest BCUT2D eigenvalue weighted by Crippen LogP contribution is 2.28. The Morgan fingerprint density at radius 1 is 1.08 bits per heavy atom. The van der Waals surface area contributed by atoms with Gasteiger partial charge in [-0.25, -0.2) is 9.37 Å². The molecule has 0 bridgehead atoms. The summed E-state index contributed by atoms with van der Waals surface area (Å²) in [6, 6.07) is 13.0. The Bertz CT molecular complexity index is 969. The molecule has 1 aromatic heterocycles. The molecule has 5 nitrogen and oxygen atoms in total. The van der Waals surface area contributed by atoms with E-state index >= 15 is 0 Å². The van der Waals surface area contributed by atoms with Crippen molar-refractivity contribution in [1.82, 2.24) is 9.88 Å². The van der Waals surface area contributed by atoms with Crippen LogP contribution >= 0.6 is 11.3 Å². The first-order valence-corrected chi connectivity index (χ1v) is 8.62. The summed E-state index contributed by atoms with van der Waals surface area (Å²) < 4.78 is 13.9. The maximum atomic E-state index is 13.9. The summed E-state index contributed by atoms with van der Waals surface area (Å²) >= 11 is 1.09. The van der Waals surface area contributed by atoms with Gasteiger partial charge in [0.15, 0.2) is 0 Å². The lowest BCUT2D eigenvalue weighted by Gasteiger charge is -2.14. The SMILES string of the molecule is CN(C)C(=O)c1ccccc1NC(=O)c1cnc(-c2ccccc2F)s1. The van der Waals surface area contributed by atoms with Gasteiger partial charge in [-0.15, -0.1) is 11.3 Å². The average molecular weight is 369 g/mol. The van der Waals surface area contributed by atoms with Crippen molar-refractivity contribution in [3.63, 3.8) is 0 Å². The number of benzene rings is 2. The number of hydrogen-bond donors (Lipinski definition) is 1. The quantitative estimate of drug-likeness (QED) is 0.759. The molecule has 2 amide bonds. The summed E-state index contributed by atoms with van der Waals surface area (Å²) in [6.07, 6.45) is 1.40. The average Bonchev–Trinajstić information content (AvgIpc) is 3.12. The molecule has 0 unspecified atom stereocenters. The maximum Gasteiger partial charge on any atom is 0.267 e. The standard InChI is InChI=1S/C19H16FN3O2S/c1-23(2)19(25)13-8-4-6-10-15(13)22-17(24)16-11-21-18(26-16)12-7-3-5-9-14(12)20/h3-11H,1-2H3,(H,22,24). The predicted molar refractivity (Wildman–Crippen MR) is 99.9 cm³/mol. The van der Waals surface area contributed by atoms with Crippen LogP contribution in [0.2, 0.25) is 0 Å². The Morgan fingerprint density at radius 2 is 1.77 bits per heavy atom. The molecule has 2 aromatic carbocycles. The van der Waals surface area contributed by atoms with E-state index in [9.17, 15) is 14.0 Å². The number of carbonyl (C=O) groups excluding carboxylic acids is 2. The molecule has 26 heavy (non-hydrogen) atoms. The highest BCUT2D eigenvalue weighted by atomic mass is 32.1. The van der Waals surface area contributed by atoms with Crippen LogP contribution in [0.15, 0.2) is 54.7 Å². The fraction of sp³-hybridized carbons (Fsp3) is 0.105. The van der Waals surface area contributed by atoms with Crippen molar-refractivity contribution in [2.45, 2.75) is 0 Å². The number of anilines is 1. The fourth-order valence-corrected chi connectivity index (χ4v) is 3.18. The zero-order valence-corrected chi connectivity index (χ0v) is 15.0. The highest BCUT2D eigenvalue weighted by molar-refractivity contribution is 7.17. The van der Waals surface area contributed by atoms with Gasteiger partial charge in [-0.3, -0.25) is 9.59 Å². The Kier molecular flexibility index (Phi) is 5.09. The molecule has 0 saturated heterocycles. The minimum atomic E-state index is -0.399. The van der Waals surface area contributed by atoms with E-state index in [1.165, 1.54) is 17.2 Å². The van der Waals surface area contributed by atoms with Crippen molar-refractivity contribution >= 4 is 28.8 Å². The normalized spacial score (nSPS) is 10.4. The zero-order chi connectivity index (χ0) is 18.7. The zero-order valence-electron chi connectivity index (χ0n) is 14.2. The first kappa shape index (κ1) is 17.8. The number of nitrogens with zero attached hydrogens (tertiary/aromatic N) is 2. The first-order valence-electron chi connectivity index (χ1n) is 7.80. The summed E-state index contributed by atoms with van der Waals surface area (Å²) in [6.45, 7) is 0. The van der Waals surface area contributed by atoms with Crippen LogP contribution < -0.4 is 5.32 Å². The van der Waals surface area contributed by atoms with Gasteiger partial charge in [0.05, 0.1) is 17.4 Å². The predicted octanol–water partition coefficient (Wildman–Crippen LogP) is 3.90. The van der Waals surface area contributed by atoms with Crippen LogP contribution in [0.4, 0.5) is 10.1 Å². The number of thiazole rings is 1. The van der Waals surface area contributed by atoms with E-state index in [0.29, 0.717) is 26.7 Å². The van der Waals surface area contributed by atoms with Gasteiger partial charge >= 0.3 is 0 Å². The lowest BCUT2D eigenvalue weighted by atomic mass is 10.1. The molecule has 0 spiro atoms. The molecule has 1 heterocycles. The number of rotatable bonds is 4. The molecule has 0 aliphatic carbocycles. The summed E-state index contributed by atoms with van der Waals surface area (Å²) in [4.78, 5) is 30.7. The molecule has 0 atom stereocenters. The number of hydrogen-bond acceptors (Lipinski definition) is 4. The fourth-order valence-electron chi connectivity index (χ4n) is 2.34. The van der Waals surface area contributed by atoms with E-state index in [4.69, 9.17) is 0 Å². The Labute approximate surface area is 154 Å². The number of amides is 2. The van der Waals surface area contributed by atoms with Crippen LogP contribution in [0.25, 0.3) is 10.6 Å². The number of carbonyl (C=O) groups is 2. The summed E-state index contributed by atoms with van der Waals surface area (Å²) in [5, 5.41) is 3.15. The molecule has 0 saturated carbocycles. The van der Waals surface area contributed by atoms with Crippen LogP contribution in [-0.2, 0) is 0 Å². The van der Waals surface area contributed by atoms with Crippen molar-refractivity contribution in [3.8, 4) is 10.6 Å². The Balaban J connectivity index is 1.84. The van der Waals surface area contributed by atoms with Crippen LogP contribution in [0.5, 0.6) is 0 Å². The van der Waals surface area contributed by atoms with Gasteiger partial charge in [0.25, 0.3) is 11.8 Å². The summed E-state index contributed by atoms with van der Waals surface area (Å²) in [5.74, 6) is -1.00. The van der Waals surface area contributed by atoms with Gasteiger partial charge in [-0.1, -0.05) is 24.3 Å². The van der Waals surface area contributed by atoms with Crippen LogP contribution in [0.1, 0.15) is 20.0 Å². The maximum absolute atomic E-state index is 13.9. The molecule has 0 aliphatic heterocycles. The monoisotopic (exact) mass is 369 g/mol. The van der Waals surface area contributed by atoms with E-state index in [1.54, 1.807) is 56.6 Å². The number of para-hydroxylation sites is 1. The lowest BCUT2D eigenvalue weighted by Crippen LogP contribution is -2.23. The lowest BCUT2D eigenvalue weighted by molar-refractivity contribution is 0.0828. The van der Waals surface area contributed by atoms with Crippen LogP contribution in [-0.4, -0.2) is 35.8 Å². The van der Waals surface area contributed by atoms with Crippen molar-refractivity contribution in [1.29, 1.82) is 0 Å². The molecule has 0 fully saturated rings. The molecular formula is C19H16FN3O2S. The van der Waals surface area contributed by atoms with Gasteiger partial charge < -0.3 is 10.2 Å². The van der Waals surface area contributed by atoms with Crippen molar-refractivity contribution < 1.29 is 14.0 Å². The first-order chi connectivity index (χ1) is 12.5. The summed E-state index contributed by atoms with van der Waals surface area (Å²) in [7, 11) is 3.29. The highest BCUT2D eigenvalue weighted by Gasteiger charge is 2.18. The van der Waals surface area contributed by atoms with Crippen LogP contribution in [0.3, 0.4) is 0 Å². The minimum Gasteiger partial charge on any atom is -0.345 e. The molecule has 7 heteroatoms. The number of aromatic nitrogens is 1. The van der Waals surface area contributed by atoms with Gasteiger partial charge in [0.2, 0.25) is 0 Å². The molecule has 0 aliphatic rings. The molecule has 1 N–H and O–H groups in total. The van der Waals surface area contributed by atoms with E-state index in [-0.39, 0.29) is 5.91 Å². The summed E-state index contributed by atoms with van der Waals surface area (Å²) in [5.41, 5.74) is 1.15. The van der Waals surface area contributed by atoms with Gasteiger partial charge in [-0.2, -0.15) is 0 Å². The molecule has 3 rings (SSSR count). The Hall–Kier alpha value is -3.06. The largest absolute Gasteiger partial charge is 0.345 e. The second-order valence-electron chi connectivity index (χ2n) is 5.71. The van der Waals surface area contributed by atoms with E-state index in [2.05, 4.69) is 10.3 Å². The number of halogens is 1. The van der Waals surface area contributed by atoms with Crippen molar-refractivity contribution in [2.24, 2.45) is 0 Å². The minimum absolute atomic E-state index is 0.211. The van der Waals surface area contributed by atoms with Gasteiger partial charge in [0, 0.05) is 19.7 Å². The number of nitrogens with one attached hydrogen (secondary N) is 1. The molecule has 132 valence electrons. The Morgan fingerprint density at radius 3 is 2.50 bits per heavy atom. The molecular weight excluding hydrogens is 353 g/mol.